The first-order valence-corrected chi connectivity index (χ1v) is 6.67. The summed E-state index contributed by atoms with van der Waals surface area (Å²) in [6.45, 7) is 0. The number of aldehydes is 1. The van der Waals surface area contributed by atoms with Crippen molar-refractivity contribution >= 4 is 30.1 Å². The Bertz CT molecular complexity index is 459. The third-order valence-corrected chi connectivity index (χ3v) is 3.11. The molecule has 0 saturated carbocycles. The maximum atomic E-state index is 11.2. The second-order valence-electron chi connectivity index (χ2n) is 3.81. The van der Waals surface area contributed by atoms with Crippen LogP contribution < -0.4 is 5.73 Å². The van der Waals surface area contributed by atoms with E-state index in [1.807, 2.05) is 36.6 Å². The molecule has 96 valence electrons. The molecule has 0 heterocycles. The molecule has 0 aliphatic heterocycles. The average molecular weight is 265 g/mol. The molecule has 1 unspecified atom stereocenters. The van der Waals surface area contributed by atoms with E-state index in [-0.39, 0.29) is 6.29 Å². The van der Waals surface area contributed by atoms with Crippen molar-refractivity contribution in [2.45, 2.75) is 5.54 Å². The highest BCUT2D eigenvalue weighted by molar-refractivity contribution is 7.98. The topological polar surface area (TPSA) is 80.4 Å². The molecule has 5 heteroatoms. The van der Waals surface area contributed by atoms with Gasteiger partial charge in [0, 0.05) is 5.75 Å². The van der Waals surface area contributed by atoms with Gasteiger partial charge in [0.05, 0.1) is 0 Å². The van der Waals surface area contributed by atoms with Crippen LogP contribution in [0.25, 0.3) is 6.08 Å². The molecule has 0 aliphatic carbocycles. The van der Waals surface area contributed by atoms with Crippen molar-refractivity contribution in [3.05, 3.63) is 41.5 Å². The zero-order chi connectivity index (χ0) is 13.6. The van der Waals surface area contributed by atoms with Gasteiger partial charge < -0.3 is 15.6 Å². The van der Waals surface area contributed by atoms with E-state index >= 15 is 0 Å². The second-order valence-corrected chi connectivity index (χ2v) is 4.67. The zero-order valence-corrected chi connectivity index (χ0v) is 10.8. The predicted octanol–water partition coefficient (Wildman–Crippen LogP) is 1.41. The van der Waals surface area contributed by atoms with Crippen LogP contribution in [0.2, 0.25) is 0 Å². The fourth-order valence-corrected chi connectivity index (χ4v) is 2.08. The normalized spacial score (nSPS) is 14.9. The highest BCUT2D eigenvalue weighted by atomic mass is 32.2. The van der Waals surface area contributed by atoms with Crippen LogP contribution in [0.3, 0.4) is 0 Å². The number of hydrogen-bond donors (Lipinski definition) is 2. The lowest BCUT2D eigenvalue weighted by Crippen LogP contribution is -2.51. The van der Waals surface area contributed by atoms with Gasteiger partial charge in [-0.15, -0.1) is 0 Å². The number of carboxylic acid groups (broad SMARTS) is 1. The van der Waals surface area contributed by atoms with E-state index in [0.717, 1.165) is 5.56 Å². The maximum Gasteiger partial charge on any atom is 0.335 e. The molecule has 18 heavy (non-hydrogen) atoms. The van der Waals surface area contributed by atoms with Crippen molar-refractivity contribution < 1.29 is 14.7 Å². The van der Waals surface area contributed by atoms with Crippen LogP contribution in [0.15, 0.2) is 35.9 Å². The zero-order valence-electron chi connectivity index (χ0n) is 10.00. The maximum absolute atomic E-state index is 11.2. The van der Waals surface area contributed by atoms with Gasteiger partial charge in [0.2, 0.25) is 0 Å². The van der Waals surface area contributed by atoms with Gasteiger partial charge in [-0.05, 0) is 17.4 Å². The minimum Gasteiger partial charge on any atom is -0.479 e. The van der Waals surface area contributed by atoms with Crippen LogP contribution in [-0.4, -0.2) is 34.9 Å². The third kappa shape index (κ3) is 3.21. The first-order chi connectivity index (χ1) is 8.54. The van der Waals surface area contributed by atoms with Crippen LogP contribution in [0.4, 0.5) is 0 Å². The monoisotopic (exact) mass is 265 g/mol. The summed E-state index contributed by atoms with van der Waals surface area (Å²) in [6, 6.07) is 9.18. The van der Waals surface area contributed by atoms with Crippen molar-refractivity contribution in [1.82, 2.24) is 0 Å². The van der Waals surface area contributed by atoms with Crippen LogP contribution >= 0.6 is 11.8 Å². The molecule has 0 bridgehead atoms. The number of aliphatic carboxylic acids is 1. The summed E-state index contributed by atoms with van der Waals surface area (Å²) in [5, 5.41) is 9.10. The first-order valence-electron chi connectivity index (χ1n) is 5.28. The summed E-state index contributed by atoms with van der Waals surface area (Å²) >= 11 is 1.42. The average Bonchev–Trinajstić information content (AvgIpc) is 2.38. The molecular weight excluding hydrogens is 250 g/mol. The first kappa shape index (κ1) is 14.5. The van der Waals surface area contributed by atoms with E-state index in [2.05, 4.69) is 0 Å². The highest BCUT2D eigenvalue weighted by Gasteiger charge is 2.37. The fraction of sp³-hybridized carbons (Fsp3) is 0.231. The van der Waals surface area contributed by atoms with Crippen molar-refractivity contribution in [2.75, 3.05) is 12.0 Å². The molecule has 0 aliphatic rings. The Morgan fingerprint density at radius 2 is 2.06 bits per heavy atom. The van der Waals surface area contributed by atoms with Crippen molar-refractivity contribution in [3.8, 4) is 0 Å². The number of carbonyl (C=O) groups is 2. The van der Waals surface area contributed by atoms with Gasteiger partial charge in [-0.25, -0.2) is 4.79 Å². The Morgan fingerprint density at radius 1 is 1.44 bits per heavy atom. The minimum atomic E-state index is -1.96. The lowest BCUT2D eigenvalue weighted by Gasteiger charge is -2.21. The molecule has 0 amide bonds. The van der Waals surface area contributed by atoms with Gasteiger partial charge in [0.1, 0.15) is 0 Å². The lowest BCUT2D eigenvalue weighted by molar-refractivity contribution is -0.143. The van der Waals surface area contributed by atoms with Crippen LogP contribution in [0, 0.1) is 0 Å². The standard InChI is InChI=1S/C13H15NO3S/c1-18-8-11(13(14,9-15)12(16)17)7-10-5-3-2-4-6-10/h2-7,9H,8,14H2,1H3,(H,16,17)/b11-7+. The predicted molar refractivity (Wildman–Crippen MR) is 73.4 cm³/mol. The van der Waals surface area contributed by atoms with Gasteiger partial charge in [-0.1, -0.05) is 36.4 Å². The lowest BCUT2D eigenvalue weighted by atomic mass is 9.92. The second kappa shape index (κ2) is 6.37. The Labute approximate surface area is 110 Å². The van der Waals surface area contributed by atoms with E-state index in [0.29, 0.717) is 11.3 Å². The van der Waals surface area contributed by atoms with E-state index in [4.69, 9.17) is 10.8 Å². The van der Waals surface area contributed by atoms with E-state index in [9.17, 15) is 9.59 Å². The number of carboxylic acids is 1. The number of rotatable bonds is 6. The van der Waals surface area contributed by atoms with Gasteiger partial charge in [-0.3, -0.25) is 0 Å². The number of carbonyl (C=O) groups excluding carboxylic acids is 1. The molecule has 1 aromatic rings. The summed E-state index contributed by atoms with van der Waals surface area (Å²) < 4.78 is 0. The van der Waals surface area contributed by atoms with E-state index < -0.39 is 11.5 Å². The smallest absolute Gasteiger partial charge is 0.335 e. The summed E-state index contributed by atoms with van der Waals surface area (Å²) in [4.78, 5) is 22.2. The fourth-order valence-electron chi connectivity index (χ4n) is 1.45. The van der Waals surface area contributed by atoms with Gasteiger partial charge in [-0.2, -0.15) is 11.8 Å². The third-order valence-electron chi connectivity index (χ3n) is 2.51. The summed E-state index contributed by atoms with van der Waals surface area (Å²) in [6.07, 6.45) is 3.76. The van der Waals surface area contributed by atoms with Crippen molar-refractivity contribution in [3.63, 3.8) is 0 Å². The molecule has 0 radical (unpaired) electrons. The molecular formula is C13H15NO3S. The van der Waals surface area contributed by atoms with Gasteiger partial charge >= 0.3 is 5.97 Å². The minimum absolute atomic E-state index is 0.278. The Morgan fingerprint density at radius 3 is 2.50 bits per heavy atom. The van der Waals surface area contributed by atoms with Crippen molar-refractivity contribution in [1.29, 1.82) is 0 Å². The van der Waals surface area contributed by atoms with Gasteiger partial charge in [0.25, 0.3) is 0 Å². The van der Waals surface area contributed by atoms with Crippen LogP contribution in [-0.2, 0) is 9.59 Å². The Hall–Kier alpha value is -1.59. The molecule has 1 aromatic carbocycles. The Balaban J connectivity index is 3.21. The molecule has 0 spiro atoms. The number of benzene rings is 1. The van der Waals surface area contributed by atoms with Crippen LogP contribution in [0.1, 0.15) is 5.56 Å². The van der Waals surface area contributed by atoms with Crippen LogP contribution in [0.5, 0.6) is 0 Å². The quantitative estimate of drug-likeness (QED) is 0.600. The molecule has 0 saturated heterocycles. The molecule has 0 fully saturated rings. The number of hydrogen-bond acceptors (Lipinski definition) is 4. The van der Waals surface area contributed by atoms with E-state index in [1.165, 1.54) is 11.8 Å². The highest BCUT2D eigenvalue weighted by Crippen LogP contribution is 2.20. The molecule has 4 nitrogen and oxygen atoms in total. The van der Waals surface area contributed by atoms with E-state index in [1.54, 1.807) is 6.08 Å². The summed E-state index contributed by atoms with van der Waals surface area (Å²) in [7, 11) is 0. The SMILES string of the molecule is CSC/C(=C\c1ccccc1)C(N)(C=O)C(=O)O. The largest absolute Gasteiger partial charge is 0.479 e. The summed E-state index contributed by atoms with van der Waals surface area (Å²) in [5.74, 6) is -0.954. The number of thioether (sulfide) groups is 1. The Kier molecular flexibility index (Phi) is 5.12. The summed E-state index contributed by atoms with van der Waals surface area (Å²) in [5.41, 5.74) is 4.91. The molecule has 0 aromatic heterocycles. The van der Waals surface area contributed by atoms with Gasteiger partial charge in [0.15, 0.2) is 11.8 Å². The molecule has 1 rings (SSSR count). The molecule has 1 atom stereocenters. The molecule has 3 N–H and O–H groups in total. The van der Waals surface area contributed by atoms with Crippen molar-refractivity contribution in [2.24, 2.45) is 5.73 Å². The number of nitrogens with two attached hydrogens (primary N) is 1.